The first-order chi connectivity index (χ1) is 21.0. The molecule has 0 saturated heterocycles. The molecule has 6 heteroatoms. The summed E-state index contributed by atoms with van der Waals surface area (Å²) in [6.07, 6.45) is 3.54. The summed E-state index contributed by atoms with van der Waals surface area (Å²) in [6.45, 7) is 8.49. The van der Waals surface area contributed by atoms with Gasteiger partial charge in [-0.1, -0.05) is 74.8 Å². The van der Waals surface area contributed by atoms with Gasteiger partial charge < -0.3 is 9.30 Å². The number of pyridine rings is 1. The normalized spacial score (nSPS) is 11.2. The molecule has 0 unspecified atom stereocenters. The molecule has 0 radical (unpaired) electrons. The molecule has 5 nitrogen and oxygen atoms in total. The summed E-state index contributed by atoms with van der Waals surface area (Å²) in [5.41, 5.74) is 9.73. The molecule has 7 rings (SSSR count). The van der Waals surface area contributed by atoms with Gasteiger partial charge in [0.2, 0.25) is 0 Å². The molecule has 0 amide bonds. The van der Waals surface area contributed by atoms with Gasteiger partial charge >= 0.3 is 21.1 Å². The fraction of sp³-hybridized carbons (Fsp3) is 0.158. The summed E-state index contributed by atoms with van der Waals surface area (Å²) < 4.78 is 10.7. The number of fused-ring (bicyclic) bond motifs is 3. The van der Waals surface area contributed by atoms with Gasteiger partial charge in [-0.25, -0.2) is 4.98 Å². The largest absolute Gasteiger partial charge is 2.00 e. The molecule has 3 aromatic heterocycles. The van der Waals surface area contributed by atoms with Gasteiger partial charge in [-0.15, -0.1) is 35.7 Å². The second-order valence-corrected chi connectivity index (χ2v) is 10.9. The van der Waals surface area contributed by atoms with Crippen molar-refractivity contribution in [1.29, 1.82) is 0 Å². The fourth-order valence-corrected chi connectivity index (χ4v) is 5.98. The smallest absolute Gasteiger partial charge is 0.509 e. The van der Waals surface area contributed by atoms with E-state index in [1.165, 1.54) is 16.8 Å². The van der Waals surface area contributed by atoms with Gasteiger partial charge in [0.1, 0.15) is 5.82 Å². The summed E-state index contributed by atoms with van der Waals surface area (Å²) >= 11 is 0. The average molecular weight is 756 g/mol. The maximum atomic E-state index is 6.48. The van der Waals surface area contributed by atoms with Crippen molar-refractivity contribution in [2.24, 2.45) is 0 Å². The van der Waals surface area contributed by atoms with Crippen LogP contribution in [0.5, 0.6) is 11.5 Å². The number of nitrogens with zero attached hydrogens (tertiary/aromatic N) is 4. The van der Waals surface area contributed by atoms with E-state index in [1.54, 1.807) is 0 Å². The predicted octanol–water partition coefficient (Wildman–Crippen LogP) is 9.16. The Bertz CT molecular complexity index is 2110. The number of ether oxygens (including phenoxy) is 1. The molecule has 0 atom stereocenters. The summed E-state index contributed by atoms with van der Waals surface area (Å²) in [6, 6.07) is 38.3. The molecule has 0 aliphatic carbocycles. The first-order valence-electron chi connectivity index (χ1n) is 14.8. The van der Waals surface area contributed by atoms with Crippen molar-refractivity contribution < 1.29 is 25.8 Å². The SMILES string of the molecule is CCc1nn(-c2[c-]c(Oc3[c-]c4c(cc3)c3ccccc3n4-c3cc(C)ccn3)cc(C)c2)c(CC)c1-c1ccccc1.[Pt+2]. The summed E-state index contributed by atoms with van der Waals surface area (Å²) in [7, 11) is 0. The molecule has 0 spiro atoms. The van der Waals surface area contributed by atoms with Crippen molar-refractivity contribution >= 4 is 21.8 Å². The van der Waals surface area contributed by atoms with Crippen molar-refractivity contribution in [3.8, 4) is 34.1 Å². The first kappa shape index (κ1) is 29.6. The minimum absolute atomic E-state index is 0. The van der Waals surface area contributed by atoms with E-state index in [1.807, 2.05) is 29.1 Å². The second kappa shape index (κ2) is 12.3. The third-order valence-corrected chi connectivity index (χ3v) is 7.90. The number of aromatic nitrogens is 4. The minimum atomic E-state index is 0. The van der Waals surface area contributed by atoms with E-state index >= 15 is 0 Å². The van der Waals surface area contributed by atoms with Crippen LogP contribution < -0.4 is 4.74 Å². The average Bonchev–Trinajstić information content (AvgIpc) is 3.57. The van der Waals surface area contributed by atoms with E-state index in [9.17, 15) is 0 Å². The minimum Gasteiger partial charge on any atom is -0.509 e. The molecule has 44 heavy (non-hydrogen) atoms. The van der Waals surface area contributed by atoms with Gasteiger partial charge in [-0.05, 0) is 60.2 Å². The Balaban J connectivity index is 0.00000343. The third kappa shape index (κ3) is 5.26. The topological polar surface area (TPSA) is 44.9 Å². The Morgan fingerprint density at radius 2 is 1.55 bits per heavy atom. The Morgan fingerprint density at radius 1 is 0.750 bits per heavy atom. The third-order valence-electron chi connectivity index (χ3n) is 7.90. The molecule has 220 valence electrons. The summed E-state index contributed by atoms with van der Waals surface area (Å²) in [4.78, 5) is 4.69. The van der Waals surface area contributed by atoms with Gasteiger partial charge in [0.05, 0.1) is 5.69 Å². The van der Waals surface area contributed by atoms with Crippen LogP contribution in [0, 0.1) is 26.0 Å². The van der Waals surface area contributed by atoms with Crippen molar-refractivity contribution in [3.05, 3.63) is 132 Å². The van der Waals surface area contributed by atoms with Crippen LogP contribution in [0.3, 0.4) is 0 Å². The molecule has 7 aromatic rings. The van der Waals surface area contributed by atoms with Crippen molar-refractivity contribution in [2.45, 2.75) is 40.5 Å². The Morgan fingerprint density at radius 3 is 2.32 bits per heavy atom. The Kier molecular flexibility index (Phi) is 8.25. The standard InChI is InChI=1S/C38H32N4O.Pt/c1-5-33-38(27-12-8-7-9-13-27)34(6-2)42(40-33)28-20-26(4)21-30(23-28)43-29-16-17-32-31-14-10-11-15-35(31)41(36(32)24-29)37-22-25(3)18-19-39-37;/h7-22H,5-6H2,1-4H3;/q-2;+2. The zero-order valence-corrected chi connectivity index (χ0v) is 27.4. The zero-order chi connectivity index (χ0) is 29.5. The predicted molar refractivity (Wildman–Crippen MR) is 174 cm³/mol. The van der Waals surface area contributed by atoms with Crippen LogP contribution in [-0.4, -0.2) is 19.3 Å². The Hall–Kier alpha value is -4.47. The van der Waals surface area contributed by atoms with Crippen LogP contribution in [0.25, 0.3) is 44.4 Å². The molecule has 3 heterocycles. The maximum absolute atomic E-state index is 6.48. The van der Waals surface area contributed by atoms with Crippen LogP contribution >= 0.6 is 0 Å². The van der Waals surface area contributed by atoms with E-state index in [0.717, 1.165) is 63.0 Å². The van der Waals surface area contributed by atoms with Crippen LogP contribution in [-0.2, 0) is 33.9 Å². The summed E-state index contributed by atoms with van der Waals surface area (Å²) in [5, 5.41) is 7.32. The monoisotopic (exact) mass is 755 g/mol. The van der Waals surface area contributed by atoms with Crippen LogP contribution in [0.2, 0.25) is 0 Å². The van der Waals surface area contributed by atoms with Gasteiger partial charge in [-0.2, -0.15) is 16.7 Å². The van der Waals surface area contributed by atoms with Gasteiger partial charge in [0.15, 0.2) is 0 Å². The van der Waals surface area contributed by atoms with Crippen molar-refractivity contribution in [2.75, 3.05) is 0 Å². The van der Waals surface area contributed by atoms with Crippen LogP contribution in [0.4, 0.5) is 0 Å². The molecule has 0 aliphatic heterocycles. The molecule has 0 aliphatic rings. The van der Waals surface area contributed by atoms with Gasteiger partial charge in [0, 0.05) is 34.5 Å². The fourth-order valence-electron chi connectivity index (χ4n) is 5.98. The number of para-hydroxylation sites is 1. The van der Waals surface area contributed by atoms with Crippen LogP contribution in [0.15, 0.2) is 97.2 Å². The van der Waals surface area contributed by atoms with Gasteiger partial charge in [0.25, 0.3) is 0 Å². The number of benzene rings is 4. The first-order valence-corrected chi connectivity index (χ1v) is 14.8. The van der Waals surface area contributed by atoms with E-state index < -0.39 is 0 Å². The van der Waals surface area contributed by atoms with E-state index in [2.05, 4.69) is 117 Å². The van der Waals surface area contributed by atoms with Crippen molar-refractivity contribution in [1.82, 2.24) is 19.3 Å². The molecular weight excluding hydrogens is 724 g/mol. The van der Waals surface area contributed by atoms with E-state index in [4.69, 9.17) is 14.8 Å². The van der Waals surface area contributed by atoms with E-state index in [0.29, 0.717) is 11.5 Å². The van der Waals surface area contributed by atoms with E-state index in [-0.39, 0.29) is 21.1 Å². The number of rotatable bonds is 7. The number of hydrogen-bond acceptors (Lipinski definition) is 3. The molecular formula is C38H32N4OPt. The molecule has 0 bridgehead atoms. The number of hydrogen-bond donors (Lipinski definition) is 0. The molecule has 4 aromatic carbocycles. The maximum Gasteiger partial charge on any atom is 2.00 e. The van der Waals surface area contributed by atoms with Crippen molar-refractivity contribution in [3.63, 3.8) is 0 Å². The summed E-state index contributed by atoms with van der Waals surface area (Å²) in [5.74, 6) is 2.10. The quantitative estimate of drug-likeness (QED) is 0.153. The Labute approximate surface area is 272 Å². The molecule has 0 N–H and O–H groups in total. The van der Waals surface area contributed by atoms with Crippen LogP contribution in [0.1, 0.15) is 36.4 Å². The number of aryl methyl sites for hydroxylation is 3. The zero-order valence-electron chi connectivity index (χ0n) is 25.2. The molecule has 0 fully saturated rings. The molecule has 0 saturated carbocycles. The second-order valence-electron chi connectivity index (χ2n) is 10.9. The van der Waals surface area contributed by atoms with Gasteiger partial charge in [-0.3, -0.25) is 4.68 Å².